The molecule has 4 heteroatoms. The van der Waals surface area contributed by atoms with E-state index in [2.05, 4.69) is 5.32 Å². The lowest BCUT2D eigenvalue weighted by molar-refractivity contribution is -0.129. The van der Waals surface area contributed by atoms with Crippen LogP contribution in [0.2, 0.25) is 0 Å². The number of carbonyl (C=O) groups is 2. The van der Waals surface area contributed by atoms with E-state index in [0.717, 1.165) is 12.8 Å². The Morgan fingerprint density at radius 1 is 1.77 bits per heavy atom. The number of hydrogen-bond donors (Lipinski definition) is 1. The van der Waals surface area contributed by atoms with E-state index < -0.39 is 0 Å². The van der Waals surface area contributed by atoms with Crippen LogP contribution in [-0.2, 0) is 9.59 Å². The predicted octanol–water partition coefficient (Wildman–Crippen LogP) is -0.358. The molecule has 1 aliphatic rings. The highest BCUT2D eigenvalue weighted by atomic mass is 16.2. The van der Waals surface area contributed by atoms with Crippen LogP contribution in [0.5, 0.6) is 0 Å². The number of carbonyl (C=O) groups excluding carboxylic acids is 2. The van der Waals surface area contributed by atoms with Crippen LogP contribution < -0.4 is 5.32 Å². The topological polar surface area (TPSA) is 49.4 Å². The SMILES string of the molecule is CC(C=O)CN1CCNC(=O)C1C. The summed E-state index contributed by atoms with van der Waals surface area (Å²) >= 11 is 0. The molecule has 4 nitrogen and oxygen atoms in total. The number of piperazine rings is 1. The highest BCUT2D eigenvalue weighted by molar-refractivity contribution is 5.82. The molecule has 1 amide bonds. The molecule has 1 fully saturated rings. The third-order valence-corrected chi connectivity index (χ3v) is 2.38. The molecule has 0 spiro atoms. The minimum atomic E-state index is -0.101. The first-order valence-electron chi connectivity index (χ1n) is 4.62. The lowest BCUT2D eigenvalue weighted by Gasteiger charge is -2.33. The minimum absolute atomic E-state index is 0.00773. The Balaban J connectivity index is 2.48. The molecule has 1 heterocycles. The first-order valence-corrected chi connectivity index (χ1v) is 4.62. The minimum Gasteiger partial charge on any atom is -0.353 e. The van der Waals surface area contributed by atoms with Crippen molar-refractivity contribution in [2.24, 2.45) is 5.92 Å². The van der Waals surface area contributed by atoms with E-state index in [-0.39, 0.29) is 17.9 Å². The van der Waals surface area contributed by atoms with Gasteiger partial charge >= 0.3 is 0 Å². The molecule has 2 unspecified atom stereocenters. The standard InChI is InChI=1S/C9H16N2O2/c1-7(6-12)5-11-4-3-10-9(13)8(11)2/h6-8H,3-5H2,1-2H3,(H,10,13). The second-order valence-corrected chi connectivity index (χ2v) is 3.58. The first kappa shape index (κ1) is 10.2. The molecule has 0 aliphatic carbocycles. The van der Waals surface area contributed by atoms with Gasteiger partial charge in [0.05, 0.1) is 6.04 Å². The number of amides is 1. The maximum absolute atomic E-state index is 11.2. The van der Waals surface area contributed by atoms with Crippen LogP contribution in [0.3, 0.4) is 0 Å². The predicted molar refractivity (Wildman–Crippen MR) is 49.3 cm³/mol. The number of nitrogens with one attached hydrogen (secondary N) is 1. The van der Waals surface area contributed by atoms with E-state index in [1.165, 1.54) is 0 Å². The van der Waals surface area contributed by atoms with Crippen molar-refractivity contribution in [1.29, 1.82) is 0 Å². The Morgan fingerprint density at radius 2 is 2.46 bits per heavy atom. The Hall–Kier alpha value is -0.900. The molecule has 0 aromatic carbocycles. The summed E-state index contributed by atoms with van der Waals surface area (Å²) in [4.78, 5) is 23.7. The summed E-state index contributed by atoms with van der Waals surface area (Å²) in [5.74, 6) is 0.0673. The molecule has 74 valence electrons. The maximum atomic E-state index is 11.2. The van der Waals surface area contributed by atoms with Gasteiger partial charge in [-0.2, -0.15) is 0 Å². The Morgan fingerprint density at radius 3 is 3.08 bits per heavy atom. The van der Waals surface area contributed by atoms with E-state index in [1.54, 1.807) is 0 Å². The Kier molecular flexibility index (Phi) is 3.42. The fraction of sp³-hybridized carbons (Fsp3) is 0.778. The number of rotatable bonds is 3. The molecule has 0 bridgehead atoms. The van der Waals surface area contributed by atoms with Crippen molar-refractivity contribution in [1.82, 2.24) is 10.2 Å². The number of nitrogens with zero attached hydrogens (tertiary/aromatic N) is 1. The van der Waals surface area contributed by atoms with Crippen LogP contribution in [0.1, 0.15) is 13.8 Å². The highest BCUT2D eigenvalue weighted by Gasteiger charge is 2.25. The van der Waals surface area contributed by atoms with Crippen LogP contribution >= 0.6 is 0 Å². The quantitative estimate of drug-likeness (QED) is 0.609. The van der Waals surface area contributed by atoms with Gasteiger partial charge in [0.1, 0.15) is 6.29 Å². The zero-order chi connectivity index (χ0) is 9.84. The fourth-order valence-electron chi connectivity index (χ4n) is 1.49. The molecule has 1 aliphatic heterocycles. The summed E-state index contributed by atoms with van der Waals surface area (Å²) in [6.45, 7) is 5.94. The van der Waals surface area contributed by atoms with Crippen LogP contribution in [0.4, 0.5) is 0 Å². The van der Waals surface area contributed by atoms with Gasteiger partial charge in [-0.3, -0.25) is 9.69 Å². The van der Waals surface area contributed by atoms with Crippen molar-refractivity contribution in [2.75, 3.05) is 19.6 Å². The second-order valence-electron chi connectivity index (χ2n) is 3.58. The van der Waals surface area contributed by atoms with E-state index in [9.17, 15) is 9.59 Å². The summed E-state index contributed by atoms with van der Waals surface area (Å²) < 4.78 is 0. The lowest BCUT2D eigenvalue weighted by atomic mass is 10.1. The average molecular weight is 184 g/mol. The molecular weight excluding hydrogens is 168 g/mol. The molecule has 0 radical (unpaired) electrons. The van der Waals surface area contributed by atoms with Crippen LogP contribution in [0, 0.1) is 5.92 Å². The number of aldehydes is 1. The molecular formula is C9H16N2O2. The van der Waals surface area contributed by atoms with Gasteiger partial charge in [0.2, 0.25) is 5.91 Å². The van der Waals surface area contributed by atoms with Crippen molar-refractivity contribution in [2.45, 2.75) is 19.9 Å². The highest BCUT2D eigenvalue weighted by Crippen LogP contribution is 2.06. The van der Waals surface area contributed by atoms with Crippen molar-refractivity contribution < 1.29 is 9.59 Å². The van der Waals surface area contributed by atoms with Gasteiger partial charge in [0.25, 0.3) is 0 Å². The van der Waals surface area contributed by atoms with Crippen molar-refractivity contribution in [3.05, 3.63) is 0 Å². The third kappa shape index (κ3) is 2.52. The van der Waals surface area contributed by atoms with Gasteiger partial charge in [-0.15, -0.1) is 0 Å². The summed E-state index contributed by atoms with van der Waals surface area (Å²) in [6.07, 6.45) is 0.930. The summed E-state index contributed by atoms with van der Waals surface area (Å²) in [7, 11) is 0. The number of hydrogen-bond acceptors (Lipinski definition) is 3. The maximum Gasteiger partial charge on any atom is 0.237 e. The molecule has 2 atom stereocenters. The third-order valence-electron chi connectivity index (χ3n) is 2.38. The van der Waals surface area contributed by atoms with Crippen molar-refractivity contribution >= 4 is 12.2 Å². The van der Waals surface area contributed by atoms with Gasteiger partial charge in [-0.25, -0.2) is 0 Å². The van der Waals surface area contributed by atoms with Crippen LogP contribution in [0.15, 0.2) is 0 Å². The zero-order valence-electron chi connectivity index (χ0n) is 8.12. The lowest BCUT2D eigenvalue weighted by Crippen LogP contribution is -2.54. The zero-order valence-corrected chi connectivity index (χ0v) is 8.12. The fourth-order valence-corrected chi connectivity index (χ4v) is 1.49. The summed E-state index contributed by atoms with van der Waals surface area (Å²) in [5, 5.41) is 2.78. The molecule has 0 aromatic heterocycles. The van der Waals surface area contributed by atoms with E-state index in [0.29, 0.717) is 13.1 Å². The summed E-state index contributed by atoms with van der Waals surface area (Å²) in [6, 6.07) is -0.101. The van der Waals surface area contributed by atoms with E-state index in [1.807, 2.05) is 18.7 Å². The van der Waals surface area contributed by atoms with Gasteiger partial charge in [0.15, 0.2) is 0 Å². The molecule has 0 aromatic rings. The second kappa shape index (κ2) is 4.37. The van der Waals surface area contributed by atoms with Crippen LogP contribution in [-0.4, -0.2) is 42.8 Å². The van der Waals surface area contributed by atoms with Gasteiger partial charge in [-0.1, -0.05) is 6.92 Å². The Labute approximate surface area is 78.3 Å². The van der Waals surface area contributed by atoms with Gasteiger partial charge < -0.3 is 10.1 Å². The van der Waals surface area contributed by atoms with Crippen molar-refractivity contribution in [3.63, 3.8) is 0 Å². The smallest absolute Gasteiger partial charge is 0.237 e. The monoisotopic (exact) mass is 184 g/mol. The average Bonchev–Trinajstić information content (AvgIpc) is 2.13. The van der Waals surface area contributed by atoms with E-state index in [4.69, 9.17) is 0 Å². The summed E-state index contributed by atoms with van der Waals surface area (Å²) in [5.41, 5.74) is 0. The van der Waals surface area contributed by atoms with Crippen molar-refractivity contribution in [3.8, 4) is 0 Å². The molecule has 1 N–H and O–H groups in total. The van der Waals surface area contributed by atoms with Gasteiger partial charge in [-0.05, 0) is 6.92 Å². The normalized spacial score (nSPS) is 26.6. The van der Waals surface area contributed by atoms with Crippen LogP contribution in [0.25, 0.3) is 0 Å². The first-order chi connectivity index (χ1) is 6.15. The molecule has 13 heavy (non-hydrogen) atoms. The molecule has 0 saturated carbocycles. The molecule has 1 saturated heterocycles. The van der Waals surface area contributed by atoms with E-state index >= 15 is 0 Å². The molecule has 1 rings (SSSR count). The van der Waals surface area contributed by atoms with Gasteiger partial charge in [0, 0.05) is 25.6 Å². The Bertz CT molecular complexity index is 206. The largest absolute Gasteiger partial charge is 0.353 e.